The highest BCUT2D eigenvalue weighted by molar-refractivity contribution is 7.92. The molecule has 0 radical (unpaired) electrons. The van der Waals surface area contributed by atoms with E-state index in [0.29, 0.717) is 10.0 Å². The van der Waals surface area contributed by atoms with Crippen LogP contribution in [0.4, 0.5) is 5.69 Å². The standard InChI is InChI=1S/C17H16Cl2N2O3S/c1-2-10-20-17(22)12-21(15-5-3-4-14(19)11-15)25(23,24)16-8-6-13(18)7-9-16/h2-9,11H,1,10,12H2,(H,20,22). The van der Waals surface area contributed by atoms with Gasteiger partial charge in [0.1, 0.15) is 6.54 Å². The molecule has 8 heteroatoms. The predicted octanol–water partition coefficient (Wildman–Crippen LogP) is 3.49. The number of anilines is 1. The van der Waals surface area contributed by atoms with Gasteiger partial charge in [0.2, 0.25) is 5.91 Å². The fraction of sp³-hybridized carbons (Fsp3) is 0.118. The van der Waals surface area contributed by atoms with Gasteiger partial charge in [0.25, 0.3) is 10.0 Å². The van der Waals surface area contributed by atoms with E-state index in [9.17, 15) is 13.2 Å². The van der Waals surface area contributed by atoms with Crippen molar-refractivity contribution in [2.75, 3.05) is 17.4 Å². The van der Waals surface area contributed by atoms with Gasteiger partial charge >= 0.3 is 0 Å². The van der Waals surface area contributed by atoms with E-state index in [1.165, 1.54) is 36.4 Å². The zero-order valence-electron chi connectivity index (χ0n) is 13.2. The fourth-order valence-corrected chi connectivity index (χ4v) is 3.78. The van der Waals surface area contributed by atoms with E-state index in [1.807, 2.05) is 0 Å². The molecule has 0 atom stereocenters. The maximum Gasteiger partial charge on any atom is 0.264 e. The van der Waals surface area contributed by atoms with E-state index in [-0.39, 0.29) is 23.7 Å². The van der Waals surface area contributed by atoms with E-state index < -0.39 is 15.9 Å². The highest BCUT2D eigenvalue weighted by atomic mass is 35.5. The second-order valence-electron chi connectivity index (χ2n) is 5.04. The number of nitrogens with one attached hydrogen (secondary N) is 1. The molecular formula is C17H16Cl2N2O3S. The number of carbonyl (C=O) groups is 1. The second-order valence-corrected chi connectivity index (χ2v) is 7.77. The smallest absolute Gasteiger partial charge is 0.264 e. The first-order chi connectivity index (χ1) is 11.8. The molecular weight excluding hydrogens is 383 g/mol. The van der Waals surface area contributed by atoms with Gasteiger partial charge in [-0.05, 0) is 42.5 Å². The summed E-state index contributed by atoms with van der Waals surface area (Å²) in [6.45, 7) is 3.36. The molecule has 2 aromatic rings. The molecule has 0 bridgehead atoms. The molecule has 5 nitrogen and oxygen atoms in total. The van der Waals surface area contributed by atoms with Crippen molar-refractivity contribution in [3.8, 4) is 0 Å². The molecule has 0 saturated carbocycles. The van der Waals surface area contributed by atoms with Crippen LogP contribution in [0.15, 0.2) is 66.1 Å². The molecule has 0 saturated heterocycles. The third-order valence-corrected chi connectivity index (χ3v) is 5.50. The number of hydrogen-bond acceptors (Lipinski definition) is 3. The van der Waals surface area contributed by atoms with Gasteiger partial charge in [-0.3, -0.25) is 9.10 Å². The lowest BCUT2D eigenvalue weighted by Gasteiger charge is -2.24. The Hall–Kier alpha value is -2.02. The molecule has 0 aliphatic heterocycles. The summed E-state index contributed by atoms with van der Waals surface area (Å²) in [5.74, 6) is -0.461. The SMILES string of the molecule is C=CCNC(=O)CN(c1cccc(Cl)c1)S(=O)(=O)c1ccc(Cl)cc1. The van der Waals surface area contributed by atoms with E-state index in [1.54, 1.807) is 18.2 Å². The number of hydrogen-bond donors (Lipinski definition) is 1. The molecule has 0 fully saturated rings. The van der Waals surface area contributed by atoms with Crippen LogP contribution in [0.1, 0.15) is 0 Å². The van der Waals surface area contributed by atoms with Gasteiger partial charge in [-0.25, -0.2) is 8.42 Å². The van der Waals surface area contributed by atoms with Crippen LogP contribution >= 0.6 is 23.2 Å². The summed E-state index contributed by atoms with van der Waals surface area (Å²) in [6, 6.07) is 12.0. The molecule has 1 N–H and O–H groups in total. The lowest BCUT2D eigenvalue weighted by molar-refractivity contribution is -0.119. The summed E-state index contributed by atoms with van der Waals surface area (Å²) in [6.07, 6.45) is 1.51. The number of nitrogens with zero attached hydrogens (tertiary/aromatic N) is 1. The van der Waals surface area contributed by atoms with Gasteiger partial charge in [0.15, 0.2) is 0 Å². The normalized spacial score (nSPS) is 11.0. The molecule has 25 heavy (non-hydrogen) atoms. The first-order valence-corrected chi connectivity index (χ1v) is 9.45. The zero-order valence-corrected chi connectivity index (χ0v) is 15.5. The Labute approximate surface area is 156 Å². The minimum Gasteiger partial charge on any atom is -0.351 e. The van der Waals surface area contributed by atoms with Crippen LogP contribution in [0.3, 0.4) is 0 Å². The van der Waals surface area contributed by atoms with Crippen molar-refractivity contribution < 1.29 is 13.2 Å². The first-order valence-electron chi connectivity index (χ1n) is 7.26. The van der Waals surface area contributed by atoms with Crippen molar-refractivity contribution in [2.45, 2.75) is 4.90 Å². The Kier molecular flexibility index (Phi) is 6.47. The maximum absolute atomic E-state index is 13.0. The zero-order chi connectivity index (χ0) is 18.4. The van der Waals surface area contributed by atoms with Crippen molar-refractivity contribution in [3.63, 3.8) is 0 Å². The number of halogens is 2. The predicted molar refractivity (Wildman–Crippen MR) is 101 cm³/mol. The largest absolute Gasteiger partial charge is 0.351 e. The van der Waals surface area contributed by atoms with Crippen molar-refractivity contribution in [1.29, 1.82) is 0 Å². The van der Waals surface area contributed by atoms with Crippen LogP contribution in [0.25, 0.3) is 0 Å². The summed E-state index contributed by atoms with van der Waals surface area (Å²) < 4.78 is 27.0. The molecule has 0 unspecified atom stereocenters. The van der Waals surface area contributed by atoms with Crippen molar-refractivity contribution in [1.82, 2.24) is 5.32 Å². The topological polar surface area (TPSA) is 66.5 Å². The Balaban J connectivity index is 2.44. The van der Waals surface area contributed by atoms with Gasteiger partial charge in [-0.2, -0.15) is 0 Å². The fourth-order valence-electron chi connectivity index (χ4n) is 2.05. The Morgan fingerprint density at radius 1 is 1.12 bits per heavy atom. The first kappa shape index (κ1) is 19.3. The third kappa shape index (κ3) is 4.98. The molecule has 1 amide bonds. The maximum atomic E-state index is 13.0. The molecule has 0 aliphatic rings. The lowest BCUT2D eigenvalue weighted by Crippen LogP contribution is -2.40. The molecule has 132 valence electrons. The van der Waals surface area contributed by atoms with Crippen LogP contribution in [-0.4, -0.2) is 27.4 Å². The van der Waals surface area contributed by atoms with Gasteiger partial charge in [0.05, 0.1) is 10.6 Å². The van der Waals surface area contributed by atoms with E-state index >= 15 is 0 Å². The highest BCUT2D eigenvalue weighted by Crippen LogP contribution is 2.26. The third-order valence-electron chi connectivity index (χ3n) is 3.23. The Morgan fingerprint density at radius 3 is 2.40 bits per heavy atom. The minimum absolute atomic E-state index is 0.0217. The van der Waals surface area contributed by atoms with Crippen molar-refractivity contribution in [3.05, 3.63) is 71.2 Å². The summed E-state index contributed by atoms with van der Waals surface area (Å²) in [5, 5.41) is 3.34. The van der Waals surface area contributed by atoms with Gasteiger partial charge in [0, 0.05) is 16.6 Å². The monoisotopic (exact) mass is 398 g/mol. The van der Waals surface area contributed by atoms with Crippen LogP contribution in [0.2, 0.25) is 10.0 Å². The molecule has 0 aromatic heterocycles. The number of amides is 1. The van der Waals surface area contributed by atoms with Crippen LogP contribution < -0.4 is 9.62 Å². The van der Waals surface area contributed by atoms with Crippen molar-refractivity contribution >= 4 is 44.8 Å². The Bertz CT molecular complexity index is 868. The molecule has 0 spiro atoms. The quantitative estimate of drug-likeness (QED) is 0.725. The van der Waals surface area contributed by atoms with Crippen LogP contribution in [0.5, 0.6) is 0 Å². The van der Waals surface area contributed by atoms with Crippen LogP contribution in [0, 0.1) is 0 Å². The molecule has 2 aromatic carbocycles. The number of sulfonamides is 1. The van der Waals surface area contributed by atoms with E-state index in [2.05, 4.69) is 11.9 Å². The summed E-state index contributed by atoms with van der Waals surface area (Å²) in [4.78, 5) is 12.1. The summed E-state index contributed by atoms with van der Waals surface area (Å²) in [7, 11) is -3.98. The summed E-state index contributed by atoms with van der Waals surface area (Å²) in [5.41, 5.74) is 0.288. The van der Waals surface area contributed by atoms with Crippen molar-refractivity contribution in [2.24, 2.45) is 0 Å². The lowest BCUT2D eigenvalue weighted by atomic mass is 10.3. The molecule has 2 rings (SSSR count). The average molecular weight is 399 g/mol. The Morgan fingerprint density at radius 2 is 1.80 bits per heavy atom. The average Bonchev–Trinajstić information content (AvgIpc) is 2.58. The van der Waals surface area contributed by atoms with Crippen LogP contribution in [-0.2, 0) is 14.8 Å². The molecule has 0 heterocycles. The van der Waals surface area contributed by atoms with E-state index in [4.69, 9.17) is 23.2 Å². The van der Waals surface area contributed by atoms with E-state index in [0.717, 1.165) is 4.31 Å². The second kappa shape index (κ2) is 8.38. The number of carbonyl (C=O) groups excluding carboxylic acids is 1. The molecule has 0 aliphatic carbocycles. The minimum atomic E-state index is -3.98. The number of rotatable bonds is 7. The highest BCUT2D eigenvalue weighted by Gasteiger charge is 2.27. The van der Waals surface area contributed by atoms with Gasteiger partial charge in [-0.15, -0.1) is 6.58 Å². The summed E-state index contributed by atoms with van der Waals surface area (Å²) >= 11 is 11.8. The number of benzene rings is 2. The van der Waals surface area contributed by atoms with Gasteiger partial charge < -0.3 is 5.32 Å². The van der Waals surface area contributed by atoms with Gasteiger partial charge in [-0.1, -0.05) is 35.3 Å².